The maximum absolute atomic E-state index is 13.0. The van der Waals surface area contributed by atoms with E-state index in [-0.39, 0.29) is 29.1 Å². The van der Waals surface area contributed by atoms with Gasteiger partial charge in [0.05, 0.1) is 9.82 Å². The summed E-state index contributed by atoms with van der Waals surface area (Å²) in [5, 5.41) is 10.8. The van der Waals surface area contributed by atoms with Crippen LogP contribution in [0.3, 0.4) is 0 Å². The van der Waals surface area contributed by atoms with Gasteiger partial charge in [0.1, 0.15) is 6.04 Å². The molecule has 2 fully saturated rings. The number of hydrogen-bond donors (Lipinski definition) is 1. The highest BCUT2D eigenvalue weighted by molar-refractivity contribution is 7.89. The fourth-order valence-corrected chi connectivity index (χ4v) is 5.16. The number of likely N-dealkylation sites (tertiary alicyclic amines) is 1. The van der Waals surface area contributed by atoms with E-state index in [0.717, 1.165) is 18.6 Å². The van der Waals surface area contributed by atoms with Crippen LogP contribution >= 0.6 is 0 Å². The van der Waals surface area contributed by atoms with Gasteiger partial charge in [0.25, 0.3) is 5.69 Å². The van der Waals surface area contributed by atoms with Gasteiger partial charge in [-0.2, -0.15) is 4.31 Å². The summed E-state index contributed by atoms with van der Waals surface area (Å²) >= 11 is 0. The van der Waals surface area contributed by atoms with Crippen LogP contribution in [0.25, 0.3) is 0 Å². The smallest absolute Gasteiger partial charge is 0.269 e. The Morgan fingerprint density at radius 2 is 1.85 bits per heavy atom. The molecule has 0 aromatic heterocycles. The van der Waals surface area contributed by atoms with Gasteiger partial charge in [0.2, 0.25) is 15.9 Å². The van der Waals surface area contributed by atoms with Gasteiger partial charge in [0, 0.05) is 37.8 Å². The largest absolute Gasteiger partial charge is 0.340 e. The minimum absolute atomic E-state index is 0.0408. The molecule has 0 bridgehead atoms. The van der Waals surface area contributed by atoms with Crippen LogP contribution in [0.2, 0.25) is 0 Å². The van der Waals surface area contributed by atoms with Gasteiger partial charge in [-0.25, -0.2) is 8.42 Å². The van der Waals surface area contributed by atoms with Crippen LogP contribution in [-0.4, -0.2) is 60.2 Å². The van der Waals surface area contributed by atoms with Crippen LogP contribution in [0.1, 0.15) is 25.7 Å². The van der Waals surface area contributed by atoms with E-state index in [1.165, 1.54) is 16.4 Å². The van der Waals surface area contributed by atoms with Crippen LogP contribution in [0.5, 0.6) is 0 Å². The van der Waals surface area contributed by atoms with Gasteiger partial charge in [-0.05, 0) is 31.4 Å². The fourth-order valence-electron chi connectivity index (χ4n) is 3.51. The van der Waals surface area contributed by atoms with Crippen molar-refractivity contribution < 1.29 is 18.1 Å². The number of hydrogen-bond acceptors (Lipinski definition) is 6. The Hall–Kier alpha value is -2.04. The number of piperidine rings is 1. The third-order valence-electron chi connectivity index (χ3n) is 4.93. The molecule has 1 aromatic rings. The fraction of sp³-hybridized carbons (Fsp3) is 0.562. The second-order valence-electron chi connectivity index (χ2n) is 6.71. The standard InChI is InChI=1S/C16H22N4O5S/c17-12-8-10-18(11-12)16(21)15-3-1-2-9-19(15)26(24,25)14-6-4-13(5-7-14)20(22)23/h4-7,12,15H,1-3,8-11,17H2/t12-,15?/m1/s1. The summed E-state index contributed by atoms with van der Waals surface area (Å²) in [5.41, 5.74) is 5.68. The Morgan fingerprint density at radius 1 is 1.15 bits per heavy atom. The minimum Gasteiger partial charge on any atom is -0.340 e. The summed E-state index contributed by atoms with van der Waals surface area (Å²) in [6.07, 6.45) is 2.64. The molecule has 3 rings (SSSR count). The number of nitrogens with zero attached hydrogens (tertiary/aromatic N) is 3. The summed E-state index contributed by atoms with van der Waals surface area (Å²) in [6.45, 7) is 1.25. The van der Waals surface area contributed by atoms with Gasteiger partial charge >= 0.3 is 0 Å². The van der Waals surface area contributed by atoms with E-state index in [9.17, 15) is 23.3 Å². The zero-order chi connectivity index (χ0) is 18.9. The molecular weight excluding hydrogens is 360 g/mol. The first-order valence-electron chi connectivity index (χ1n) is 8.61. The molecule has 2 aliphatic heterocycles. The van der Waals surface area contributed by atoms with Crippen LogP contribution < -0.4 is 5.73 Å². The average Bonchev–Trinajstić information content (AvgIpc) is 3.07. The normalized spacial score (nSPS) is 24.6. The van der Waals surface area contributed by atoms with E-state index in [4.69, 9.17) is 5.73 Å². The molecule has 0 radical (unpaired) electrons. The van der Waals surface area contributed by atoms with Gasteiger partial charge in [-0.3, -0.25) is 14.9 Å². The Labute approximate surface area is 152 Å². The van der Waals surface area contributed by atoms with Crippen molar-refractivity contribution in [2.24, 2.45) is 5.73 Å². The summed E-state index contributed by atoms with van der Waals surface area (Å²) in [4.78, 5) is 24.6. The van der Waals surface area contributed by atoms with Crippen molar-refractivity contribution in [3.05, 3.63) is 34.4 Å². The molecule has 2 N–H and O–H groups in total. The molecule has 26 heavy (non-hydrogen) atoms. The number of sulfonamides is 1. The zero-order valence-corrected chi connectivity index (χ0v) is 15.1. The first-order chi connectivity index (χ1) is 12.3. The van der Waals surface area contributed by atoms with E-state index >= 15 is 0 Å². The summed E-state index contributed by atoms with van der Waals surface area (Å²) in [5.74, 6) is -0.205. The molecule has 2 heterocycles. The molecule has 2 aliphatic rings. The number of nitro groups is 1. The second kappa shape index (κ2) is 7.29. The Kier molecular flexibility index (Phi) is 5.26. The SMILES string of the molecule is N[C@@H]1CCN(C(=O)C2CCCCN2S(=O)(=O)c2ccc([N+](=O)[O-])cc2)C1. The highest BCUT2D eigenvalue weighted by Gasteiger charge is 2.40. The Balaban J connectivity index is 1.86. The monoisotopic (exact) mass is 382 g/mol. The third kappa shape index (κ3) is 3.57. The molecule has 2 atom stereocenters. The minimum atomic E-state index is -3.91. The predicted octanol–water partition coefficient (Wildman–Crippen LogP) is 0.698. The summed E-state index contributed by atoms with van der Waals surface area (Å²) in [7, 11) is -3.91. The molecule has 1 amide bonds. The number of benzene rings is 1. The molecule has 10 heteroatoms. The molecule has 0 saturated carbocycles. The van der Waals surface area contributed by atoms with Crippen molar-refractivity contribution >= 4 is 21.6 Å². The highest BCUT2D eigenvalue weighted by Crippen LogP contribution is 2.28. The van der Waals surface area contributed by atoms with Gasteiger partial charge in [-0.15, -0.1) is 0 Å². The number of rotatable bonds is 4. The van der Waals surface area contributed by atoms with Crippen molar-refractivity contribution in [3.63, 3.8) is 0 Å². The van der Waals surface area contributed by atoms with Crippen LogP contribution in [-0.2, 0) is 14.8 Å². The quantitative estimate of drug-likeness (QED) is 0.603. The van der Waals surface area contributed by atoms with Crippen LogP contribution in [0, 0.1) is 10.1 Å². The highest BCUT2D eigenvalue weighted by atomic mass is 32.2. The maximum atomic E-state index is 13.0. The molecule has 9 nitrogen and oxygen atoms in total. The van der Waals surface area contributed by atoms with Gasteiger partial charge in [0.15, 0.2) is 0 Å². The van der Waals surface area contributed by atoms with Crippen molar-refractivity contribution in [1.29, 1.82) is 0 Å². The lowest BCUT2D eigenvalue weighted by molar-refractivity contribution is -0.384. The molecule has 1 aromatic carbocycles. The number of non-ortho nitro benzene ring substituents is 1. The number of carbonyl (C=O) groups excluding carboxylic acids is 1. The van der Waals surface area contributed by atoms with E-state index in [1.54, 1.807) is 4.90 Å². The lowest BCUT2D eigenvalue weighted by Gasteiger charge is -2.35. The molecule has 2 saturated heterocycles. The topological polar surface area (TPSA) is 127 Å². The van der Waals surface area contributed by atoms with Gasteiger partial charge in [-0.1, -0.05) is 6.42 Å². The van der Waals surface area contributed by atoms with E-state index in [2.05, 4.69) is 0 Å². The number of carbonyl (C=O) groups is 1. The lowest BCUT2D eigenvalue weighted by atomic mass is 10.0. The van der Waals surface area contributed by atoms with Crippen molar-refractivity contribution in [3.8, 4) is 0 Å². The third-order valence-corrected chi connectivity index (χ3v) is 6.85. The van der Waals surface area contributed by atoms with E-state index in [0.29, 0.717) is 32.4 Å². The van der Waals surface area contributed by atoms with Crippen molar-refractivity contribution in [2.45, 2.75) is 42.7 Å². The predicted molar refractivity (Wildman–Crippen MR) is 93.8 cm³/mol. The summed E-state index contributed by atoms with van der Waals surface area (Å²) in [6, 6.07) is 3.95. The van der Waals surface area contributed by atoms with Crippen LogP contribution in [0.15, 0.2) is 29.2 Å². The lowest BCUT2D eigenvalue weighted by Crippen LogP contribution is -2.52. The maximum Gasteiger partial charge on any atom is 0.269 e. The van der Waals surface area contributed by atoms with E-state index in [1.807, 2.05) is 0 Å². The number of nitro benzene ring substituents is 1. The molecule has 0 spiro atoms. The first kappa shape index (κ1) is 18.7. The summed E-state index contributed by atoms with van der Waals surface area (Å²) < 4.78 is 27.3. The average molecular weight is 382 g/mol. The molecule has 0 aliphatic carbocycles. The zero-order valence-electron chi connectivity index (χ0n) is 14.3. The number of amides is 1. The number of nitrogens with two attached hydrogens (primary N) is 1. The van der Waals surface area contributed by atoms with Crippen molar-refractivity contribution in [2.75, 3.05) is 19.6 Å². The Bertz CT molecular complexity index is 795. The molecule has 142 valence electrons. The van der Waals surface area contributed by atoms with Gasteiger partial charge < -0.3 is 10.6 Å². The molecule has 1 unspecified atom stereocenters. The van der Waals surface area contributed by atoms with E-state index < -0.39 is 21.0 Å². The molecular formula is C16H22N4O5S. The first-order valence-corrected chi connectivity index (χ1v) is 10.1. The van der Waals surface area contributed by atoms with Crippen LogP contribution in [0.4, 0.5) is 5.69 Å². The van der Waals surface area contributed by atoms with Crippen molar-refractivity contribution in [1.82, 2.24) is 9.21 Å². The Morgan fingerprint density at radius 3 is 2.42 bits per heavy atom. The second-order valence-corrected chi connectivity index (χ2v) is 8.60.